The number of benzene rings is 1. The average molecular weight is 381 g/mol. The highest BCUT2D eigenvalue weighted by atomic mass is 14.8. The Bertz CT molecular complexity index is 724. The fourth-order valence-corrected chi connectivity index (χ4v) is 2.17. The van der Waals surface area contributed by atoms with Gasteiger partial charge in [-0.15, -0.1) is 6.58 Å². The molecule has 0 aliphatic rings. The second-order valence-electron chi connectivity index (χ2n) is 5.39. The molecule has 154 valence electrons. The molecule has 0 amide bonds. The van der Waals surface area contributed by atoms with E-state index in [0.717, 1.165) is 35.0 Å². The van der Waals surface area contributed by atoms with E-state index in [4.69, 9.17) is 0 Å². The Labute approximate surface area is 173 Å². The molecule has 0 aliphatic carbocycles. The molecule has 1 aromatic carbocycles. The average Bonchev–Trinajstić information content (AvgIpc) is 2.76. The number of aromatic nitrogens is 1. The van der Waals surface area contributed by atoms with Gasteiger partial charge in [-0.3, -0.25) is 4.98 Å². The molecule has 0 saturated heterocycles. The maximum atomic E-state index is 4.42. The van der Waals surface area contributed by atoms with Gasteiger partial charge in [0.15, 0.2) is 0 Å². The molecule has 2 nitrogen and oxygen atoms in total. The van der Waals surface area contributed by atoms with Crippen LogP contribution in [0.2, 0.25) is 0 Å². The number of allylic oxidation sites excluding steroid dienone is 6. The minimum absolute atomic E-state index is 0.841. The fraction of sp³-hybridized carbons (Fsp3) is 0.346. The monoisotopic (exact) mass is 380 g/mol. The zero-order valence-electron chi connectivity index (χ0n) is 19.0. The van der Waals surface area contributed by atoms with Crippen molar-refractivity contribution < 1.29 is 0 Å². The number of nitrogens with one attached hydrogen (secondary N) is 1. The van der Waals surface area contributed by atoms with Crippen molar-refractivity contribution in [3.05, 3.63) is 85.1 Å². The van der Waals surface area contributed by atoms with Gasteiger partial charge in [0.05, 0.1) is 11.2 Å². The first-order chi connectivity index (χ1) is 13.7. The van der Waals surface area contributed by atoms with Crippen LogP contribution in [0.25, 0.3) is 10.9 Å². The number of hydrogen-bond acceptors (Lipinski definition) is 2. The predicted octanol–water partition coefficient (Wildman–Crippen LogP) is 8.14. The zero-order valence-corrected chi connectivity index (χ0v) is 19.0. The minimum Gasteiger partial charge on any atom is -0.386 e. The highest BCUT2D eigenvalue weighted by molar-refractivity contribution is 5.91. The molecule has 2 heteroatoms. The van der Waals surface area contributed by atoms with Gasteiger partial charge in [-0.1, -0.05) is 83.2 Å². The molecule has 0 radical (unpaired) electrons. The van der Waals surface area contributed by atoms with Crippen molar-refractivity contribution in [2.24, 2.45) is 0 Å². The van der Waals surface area contributed by atoms with Gasteiger partial charge in [0, 0.05) is 18.6 Å². The van der Waals surface area contributed by atoms with E-state index < -0.39 is 0 Å². The number of pyridine rings is 1. The molecule has 2 rings (SSSR count). The Morgan fingerprint density at radius 3 is 2.32 bits per heavy atom. The lowest BCUT2D eigenvalue weighted by Gasteiger charge is -2.09. The van der Waals surface area contributed by atoms with Crippen molar-refractivity contribution in [2.45, 2.75) is 54.4 Å². The minimum atomic E-state index is 0.841. The van der Waals surface area contributed by atoms with Crippen LogP contribution in [0.5, 0.6) is 0 Å². The van der Waals surface area contributed by atoms with Gasteiger partial charge in [0.25, 0.3) is 0 Å². The summed E-state index contributed by atoms with van der Waals surface area (Å²) in [6.07, 6.45) is 13.7. The Morgan fingerprint density at radius 1 is 1.14 bits per heavy atom. The van der Waals surface area contributed by atoms with Crippen LogP contribution in [0.1, 0.15) is 53.5 Å². The van der Waals surface area contributed by atoms with Crippen LogP contribution in [-0.4, -0.2) is 12.0 Å². The number of rotatable bonds is 6. The molecule has 0 spiro atoms. The van der Waals surface area contributed by atoms with Crippen LogP contribution in [0, 0.1) is 0 Å². The Kier molecular flexibility index (Phi) is 18.9. The summed E-state index contributed by atoms with van der Waals surface area (Å²) >= 11 is 0. The molecule has 1 N–H and O–H groups in total. The number of nitrogens with zero attached hydrogens (tertiary/aromatic N) is 1. The van der Waals surface area contributed by atoms with E-state index in [1.165, 1.54) is 5.56 Å². The Balaban J connectivity index is 0. The van der Waals surface area contributed by atoms with Crippen molar-refractivity contribution in [1.29, 1.82) is 0 Å². The number of hydrogen-bond donors (Lipinski definition) is 1. The Morgan fingerprint density at radius 2 is 1.79 bits per heavy atom. The SMILES string of the molecule is C=C(/C=C\C=C/C)Cc1cc(NC)c2ncccc2c1.C=CCC.CC.CC. The lowest BCUT2D eigenvalue weighted by atomic mass is 10.0. The third kappa shape index (κ3) is 11.2. The number of fused-ring (bicyclic) bond motifs is 1. The first kappa shape index (κ1) is 27.6. The van der Waals surface area contributed by atoms with Gasteiger partial charge >= 0.3 is 0 Å². The summed E-state index contributed by atoms with van der Waals surface area (Å²) in [5.41, 5.74) is 4.40. The molecular formula is C26H40N2. The maximum Gasteiger partial charge on any atom is 0.0933 e. The van der Waals surface area contributed by atoms with Crippen molar-refractivity contribution >= 4 is 16.6 Å². The van der Waals surface area contributed by atoms with Crippen molar-refractivity contribution in [2.75, 3.05) is 12.4 Å². The van der Waals surface area contributed by atoms with Gasteiger partial charge in [-0.25, -0.2) is 0 Å². The Hall–Kier alpha value is -2.61. The van der Waals surface area contributed by atoms with E-state index >= 15 is 0 Å². The van der Waals surface area contributed by atoms with Crippen molar-refractivity contribution in [3.63, 3.8) is 0 Å². The van der Waals surface area contributed by atoms with Crippen molar-refractivity contribution in [3.8, 4) is 0 Å². The third-order valence-corrected chi connectivity index (χ3v) is 3.39. The molecule has 1 heterocycles. The number of anilines is 1. The standard InChI is InChI=1S/C18H20N2.C4H8.2C2H6/c1-4-5-6-8-14(2)11-15-12-16-9-7-10-20-18(16)17(13-15)19-3;1-3-4-2;2*1-2/h4-10,12-13,19H,2,11H2,1,3H3;3H,1,4H2,2H3;2*1-2H3/b5-4-,8-6-;;;. The van der Waals surface area contributed by atoms with Crippen molar-refractivity contribution in [1.82, 2.24) is 4.98 Å². The van der Waals surface area contributed by atoms with Crippen LogP contribution in [-0.2, 0) is 6.42 Å². The lowest BCUT2D eigenvalue weighted by Crippen LogP contribution is -1.95. The summed E-state index contributed by atoms with van der Waals surface area (Å²) < 4.78 is 0. The highest BCUT2D eigenvalue weighted by Gasteiger charge is 2.04. The van der Waals surface area contributed by atoms with E-state index in [-0.39, 0.29) is 0 Å². The van der Waals surface area contributed by atoms with Crippen LogP contribution in [0.3, 0.4) is 0 Å². The molecule has 2 aromatic rings. The van der Waals surface area contributed by atoms with Gasteiger partial charge in [0.2, 0.25) is 0 Å². The molecule has 0 saturated carbocycles. The van der Waals surface area contributed by atoms with E-state index in [2.05, 4.69) is 48.6 Å². The van der Waals surface area contributed by atoms with Gasteiger partial charge < -0.3 is 5.32 Å². The normalized spacial score (nSPS) is 9.54. The van der Waals surface area contributed by atoms with E-state index in [0.29, 0.717) is 0 Å². The van der Waals surface area contributed by atoms with Gasteiger partial charge in [0.1, 0.15) is 0 Å². The van der Waals surface area contributed by atoms with Crippen LogP contribution in [0.15, 0.2) is 79.6 Å². The summed E-state index contributed by atoms with van der Waals surface area (Å²) in [5.74, 6) is 0. The van der Waals surface area contributed by atoms with Crippen LogP contribution >= 0.6 is 0 Å². The topological polar surface area (TPSA) is 24.9 Å². The molecule has 28 heavy (non-hydrogen) atoms. The molecule has 0 bridgehead atoms. The summed E-state index contributed by atoms with van der Waals surface area (Å²) in [4.78, 5) is 4.42. The van der Waals surface area contributed by atoms with Crippen LogP contribution in [0.4, 0.5) is 5.69 Å². The predicted molar refractivity (Wildman–Crippen MR) is 131 cm³/mol. The first-order valence-corrected chi connectivity index (χ1v) is 10.3. The molecule has 0 atom stereocenters. The molecule has 0 unspecified atom stereocenters. The zero-order chi connectivity index (χ0) is 21.8. The maximum absolute atomic E-state index is 4.42. The van der Waals surface area contributed by atoms with E-state index in [9.17, 15) is 0 Å². The third-order valence-electron chi connectivity index (χ3n) is 3.39. The highest BCUT2D eigenvalue weighted by Crippen LogP contribution is 2.24. The van der Waals surface area contributed by atoms with Gasteiger partial charge in [-0.05, 0) is 43.5 Å². The van der Waals surface area contributed by atoms with Crippen LogP contribution < -0.4 is 5.32 Å². The second-order valence-corrected chi connectivity index (χ2v) is 5.39. The summed E-state index contributed by atoms with van der Waals surface area (Å²) in [7, 11) is 1.92. The largest absolute Gasteiger partial charge is 0.386 e. The fourth-order valence-electron chi connectivity index (χ4n) is 2.17. The van der Waals surface area contributed by atoms with E-state index in [1.807, 2.05) is 84.3 Å². The van der Waals surface area contributed by atoms with E-state index in [1.54, 1.807) is 0 Å². The summed E-state index contributed by atoms with van der Waals surface area (Å²) in [6.45, 7) is 19.6. The molecule has 0 fully saturated rings. The quantitative estimate of drug-likeness (QED) is 0.404. The summed E-state index contributed by atoms with van der Waals surface area (Å²) in [6, 6.07) is 8.37. The smallest absolute Gasteiger partial charge is 0.0933 e. The summed E-state index contributed by atoms with van der Waals surface area (Å²) in [5, 5.41) is 4.37. The molecular weight excluding hydrogens is 340 g/mol. The molecule has 0 aliphatic heterocycles. The molecule has 1 aromatic heterocycles. The van der Waals surface area contributed by atoms with Gasteiger partial charge in [-0.2, -0.15) is 0 Å². The first-order valence-electron chi connectivity index (χ1n) is 10.3. The lowest BCUT2D eigenvalue weighted by molar-refractivity contribution is 1.21. The second kappa shape index (κ2) is 19.2.